The molecule has 0 fully saturated rings. The molecule has 0 bridgehead atoms. The van der Waals surface area contributed by atoms with Gasteiger partial charge in [-0.3, -0.25) is 4.68 Å². The van der Waals surface area contributed by atoms with Crippen LogP contribution in [0.2, 0.25) is 0 Å². The van der Waals surface area contributed by atoms with Crippen LogP contribution in [-0.4, -0.2) is 48.9 Å². The van der Waals surface area contributed by atoms with Crippen LogP contribution in [0.1, 0.15) is 0 Å². The van der Waals surface area contributed by atoms with E-state index in [0.717, 1.165) is 6.07 Å². The molecule has 0 saturated heterocycles. The second kappa shape index (κ2) is 8.43. The van der Waals surface area contributed by atoms with Gasteiger partial charge in [0.05, 0.1) is 37.2 Å². The first-order chi connectivity index (χ1) is 16.5. The topological polar surface area (TPSA) is 101 Å². The Hall–Kier alpha value is -4.54. The lowest BCUT2D eigenvalue weighted by Crippen LogP contribution is -2.02. The molecule has 34 heavy (non-hydrogen) atoms. The first-order valence-corrected chi connectivity index (χ1v) is 10.0. The van der Waals surface area contributed by atoms with Gasteiger partial charge in [0, 0.05) is 48.9 Å². The third-order valence-electron chi connectivity index (χ3n) is 5.19. The number of fused-ring (bicyclic) bond motifs is 1. The molecular weight excluding hydrogens is 444 g/mol. The van der Waals surface area contributed by atoms with Crippen LogP contribution >= 0.6 is 0 Å². The van der Waals surface area contributed by atoms with Crippen molar-refractivity contribution in [3.63, 3.8) is 0 Å². The van der Waals surface area contributed by atoms with Crippen LogP contribution in [-0.2, 0) is 7.05 Å². The molecule has 4 heterocycles. The van der Waals surface area contributed by atoms with E-state index in [1.807, 2.05) is 0 Å². The van der Waals surface area contributed by atoms with Crippen LogP contribution in [0, 0.1) is 11.6 Å². The molecule has 4 aromatic heterocycles. The van der Waals surface area contributed by atoms with E-state index in [1.54, 1.807) is 42.7 Å². The van der Waals surface area contributed by atoms with Gasteiger partial charge in [-0.15, -0.1) is 0 Å². The Kier molecular flexibility index (Phi) is 5.28. The highest BCUT2D eigenvalue weighted by Crippen LogP contribution is 2.39. The molecule has 0 N–H and O–H groups in total. The fraction of sp³-hybridized carbons (Fsp3) is 0.130. The lowest BCUT2D eigenvalue weighted by atomic mass is 10.0. The van der Waals surface area contributed by atoms with Crippen molar-refractivity contribution in [1.29, 1.82) is 0 Å². The minimum atomic E-state index is -0.907. The number of aromatic nitrogens is 7. The second-order valence-corrected chi connectivity index (χ2v) is 7.30. The quantitative estimate of drug-likeness (QED) is 0.389. The van der Waals surface area contributed by atoms with E-state index in [1.165, 1.54) is 26.6 Å². The van der Waals surface area contributed by atoms with Crippen molar-refractivity contribution in [3.05, 3.63) is 61.1 Å². The molecule has 1 aromatic carbocycles. The van der Waals surface area contributed by atoms with Crippen LogP contribution in [0.5, 0.6) is 11.5 Å². The molecule has 5 rings (SSSR count). The highest BCUT2D eigenvalue weighted by Gasteiger charge is 2.24. The van der Waals surface area contributed by atoms with Crippen LogP contribution in [0.4, 0.5) is 8.78 Å². The van der Waals surface area contributed by atoms with E-state index in [2.05, 4.69) is 30.0 Å². The lowest BCUT2D eigenvalue weighted by Gasteiger charge is -2.14. The number of ether oxygens (including phenoxy) is 2. The Bertz CT molecular complexity index is 1500. The van der Waals surface area contributed by atoms with Crippen molar-refractivity contribution < 1.29 is 18.3 Å². The first kappa shape index (κ1) is 21.3. The van der Waals surface area contributed by atoms with Gasteiger partial charge in [0.15, 0.2) is 29.0 Å². The number of benzene rings is 1. The molecule has 0 aliphatic heterocycles. The Morgan fingerprint density at radius 3 is 2.18 bits per heavy atom. The van der Waals surface area contributed by atoms with Crippen LogP contribution in [0.25, 0.3) is 44.8 Å². The molecule has 0 saturated carbocycles. The lowest BCUT2D eigenvalue weighted by molar-refractivity contribution is 0.359. The molecule has 0 aliphatic rings. The minimum Gasteiger partial charge on any atom is -0.494 e. The zero-order chi connectivity index (χ0) is 23.8. The van der Waals surface area contributed by atoms with Gasteiger partial charge in [-0.05, 0) is 6.07 Å². The SMILES string of the molecule is COc1cc(OC)c(F)c(-c2cc3cnc(-c4cnn(C)c4)nc3c(-c3cncnc3)n2)c1F. The molecule has 0 spiro atoms. The first-order valence-electron chi connectivity index (χ1n) is 10.0. The van der Waals surface area contributed by atoms with E-state index in [4.69, 9.17) is 9.47 Å². The normalized spacial score (nSPS) is 11.1. The van der Waals surface area contributed by atoms with Gasteiger partial charge < -0.3 is 9.47 Å². The molecule has 0 aliphatic carbocycles. The molecule has 5 aromatic rings. The summed E-state index contributed by atoms with van der Waals surface area (Å²) >= 11 is 0. The fourth-order valence-corrected chi connectivity index (χ4v) is 3.58. The zero-order valence-electron chi connectivity index (χ0n) is 18.3. The number of aryl methyl sites for hydroxylation is 1. The van der Waals surface area contributed by atoms with E-state index in [9.17, 15) is 0 Å². The maximum atomic E-state index is 15.2. The smallest absolute Gasteiger partial charge is 0.177 e. The van der Waals surface area contributed by atoms with Gasteiger partial charge in [-0.1, -0.05) is 0 Å². The zero-order valence-corrected chi connectivity index (χ0v) is 18.3. The van der Waals surface area contributed by atoms with Gasteiger partial charge in [0.25, 0.3) is 0 Å². The Morgan fingerprint density at radius 2 is 1.56 bits per heavy atom. The second-order valence-electron chi connectivity index (χ2n) is 7.30. The van der Waals surface area contributed by atoms with Gasteiger partial charge >= 0.3 is 0 Å². The van der Waals surface area contributed by atoms with Crippen molar-refractivity contribution in [2.75, 3.05) is 14.2 Å². The summed E-state index contributed by atoms with van der Waals surface area (Å²) in [5.41, 5.74) is 1.63. The van der Waals surface area contributed by atoms with Crippen molar-refractivity contribution in [1.82, 2.24) is 34.7 Å². The van der Waals surface area contributed by atoms with Crippen LogP contribution in [0.3, 0.4) is 0 Å². The van der Waals surface area contributed by atoms with Crippen LogP contribution in [0.15, 0.2) is 49.4 Å². The van der Waals surface area contributed by atoms with Crippen molar-refractivity contribution in [3.8, 4) is 45.4 Å². The Morgan fingerprint density at radius 1 is 0.853 bits per heavy atom. The summed E-state index contributed by atoms with van der Waals surface area (Å²) in [6.45, 7) is 0. The summed E-state index contributed by atoms with van der Waals surface area (Å²) < 4.78 is 42.2. The summed E-state index contributed by atoms with van der Waals surface area (Å²) in [5.74, 6) is -1.74. The summed E-state index contributed by atoms with van der Waals surface area (Å²) in [4.78, 5) is 21.7. The minimum absolute atomic E-state index is 0.0104. The van der Waals surface area contributed by atoms with E-state index >= 15 is 8.78 Å². The van der Waals surface area contributed by atoms with Gasteiger partial charge in [0.1, 0.15) is 17.5 Å². The van der Waals surface area contributed by atoms with E-state index in [-0.39, 0.29) is 17.2 Å². The Labute approximate surface area is 192 Å². The third-order valence-corrected chi connectivity index (χ3v) is 5.19. The number of halogens is 2. The molecular formula is C23H17F2N7O2. The Balaban J connectivity index is 1.81. The fourth-order valence-electron chi connectivity index (χ4n) is 3.58. The van der Waals surface area contributed by atoms with Gasteiger partial charge in [-0.2, -0.15) is 5.10 Å². The molecule has 0 radical (unpaired) electrons. The van der Waals surface area contributed by atoms with E-state index in [0.29, 0.717) is 33.5 Å². The standard InChI is InChI=1S/C23H17F2N7O2/c1-32-10-14(9-29-32)23-28-8-12-4-15(18-19(24)16(33-2)5-17(34-3)20(18)25)30-22(21(12)31-23)13-6-26-11-27-7-13/h4-11H,1-3H3. The number of methoxy groups -OCH3 is 2. The van der Waals surface area contributed by atoms with E-state index < -0.39 is 17.2 Å². The number of nitrogens with zero attached hydrogens (tertiary/aromatic N) is 7. The predicted octanol–water partition coefficient (Wildman–Crippen LogP) is 3.84. The third kappa shape index (κ3) is 3.56. The molecule has 0 atom stereocenters. The predicted molar refractivity (Wildman–Crippen MR) is 119 cm³/mol. The molecule has 0 amide bonds. The van der Waals surface area contributed by atoms with Crippen molar-refractivity contribution >= 4 is 10.9 Å². The molecule has 0 unspecified atom stereocenters. The average molecular weight is 461 g/mol. The van der Waals surface area contributed by atoms with Crippen LogP contribution < -0.4 is 9.47 Å². The van der Waals surface area contributed by atoms with Crippen molar-refractivity contribution in [2.24, 2.45) is 7.05 Å². The number of hydrogen-bond acceptors (Lipinski definition) is 8. The van der Waals surface area contributed by atoms with Gasteiger partial charge in [0.2, 0.25) is 0 Å². The van der Waals surface area contributed by atoms with Gasteiger partial charge in [-0.25, -0.2) is 33.7 Å². The summed E-state index contributed by atoms with van der Waals surface area (Å²) in [5, 5.41) is 4.66. The molecule has 170 valence electrons. The summed E-state index contributed by atoms with van der Waals surface area (Å²) in [6.07, 6.45) is 9.45. The molecule has 9 nitrogen and oxygen atoms in total. The number of rotatable bonds is 5. The summed E-state index contributed by atoms with van der Waals surface area (Å²) in [6, 6.07) is 2.65. The number of hydrogen-bond donors (Lipinski definition) is 0. The maximum absolute atomic E-state index is 15.2. The molecule has 11 heteroatoms. The van der Waals surface area contributed by atoms with Crippen molar-refractivity contribution in [2.45, 2.75) is 0 Å². The largest absolute Gasteiger partial charge is 0.494 e. The average Bonchev–Trinajstić information content (AvgIpc) is 3.30. The summed E-state index contributed by atoms with van der Waals surface area (Å²) in [7, 11) is 4.36. The maximum Gasteiger partial charge on any atom is 0.177 e. The monoisotopic (exact) mass is 461 g/mol. The number of pyridine rings is 1. The highest BCUT2D eigenvalue weighted by atomic mass is 19.1. The highest BCUT2D eigenvalue weighted by molar-refractivity contribution is 5.94.